The van der Waals surface area contributed by atoms with Crippen molar-refractivity contribution in [2.24, 2.45) is 0 Å². The van der Waals surface area contributed by atoms with Gasteiger partial charge in [-0.25, -0.2) is 4.39 Å². The Kier molecular flexibility index (Phi) is 6.62. The highest BCUT2D eigenvalue weighted by Gasteiger charge is 2.20. The third-order valence-electron chi connectivity index (χ3n) is 3.72. The van der Waals surface area contributed by atoms with Gasteiger partial charge >= 0.3 is 0 Å². The van der Waals surface area contributed by atoms with Gasteiger partial charge in [0, 0.05) is 45.1 Å². The first-order valence-electron chi connectivity index (χ1n) is 7.93. The molecule has 0 radical (unpaired) electrons. The first kappa shape index (κ1) is 19.3. The van der Waals surface area contributed by atoms with Crippen LogP contribution < -0.4 is 5.32 Å². The van der Waals surface area contributed by atoms with Crippen molar-refractivity contribution in [3.8, 4) is 0 Å². The van der Waals surface area contributed by atoms with Crippen molar-refractivity contribution in [3.63, 3.8) is 0 Å². The van der Waals surface area contributed by atoms with E-state index >= 15 is 0 Å². The third-order valence-corrected chi connectivity index (χ3v) is 3.72. The first-order chi connectivity index (χ1) is 12.4. The molecule has 0 aromatic heterocycles. The highest BCUT2D eigenvalue weighted by molar-refractivity contribution is 6.00. The van der Waals surface area contributed by atoms with Crippen molar-refractivity contribution in [2.45, 2.75) is 6.54 Å². The van der Waals surface area contributed by atoms with E-state index in [0.29, 0.717) is 24.4 Å². The molecule has 0 fully saturated rings. The molecule has 0 saturated carbocycles. The van der Waals surface area contributed by atoms with Crippen molar-refractivity contribution in [1.82, 2.24) is 4.90 Å². The maximum Gasteiger partial charge on any atom is 0.270 e. The van der Waals surface area contributed by atoms with Crippen molar-refractivity contribution in [1.29, 1.82) is 0 Å². The van der Waals surface area contributed by atoms with Gasteiger partial charge < -0.3 is 15.0 Å². The van der Waals surface area contributed by atoms with E-state index in [1.807, 2.05) is 0 Å². The van der Waals surface area contributed by atoms with Gasteiger partial charge in [0.15, 0.2) is 0 Å². The number of hydrogen-bond donors (Lipinski definition) is 1. The molecule has 0 aliphatic heterocycles. The van der Waals surface area contributed by atoms with E-state index in [-0.39, 0.29) is 23.6 Å². The van der Waals surface area contributed by atoms with Crippen LogP contribution in [-0.2, 0) is 11.3 Å². The number of nitrogens with one attached hydrogen (secondary N) is 1. The minimum atomic E-state index is -0.553. The molecule has 8 heteroatoms. The van der Waals surface area contributed by atoms with Crippen molar-refractivity contribution < 1.29 is 18.8 Å². The van der Waals surface area contributed by atoms with Gasteiger partial charge in [-0.05, 0) is 23.8 Å². The van der Waals surface area contributed by atoms with Crippen LogP contribution in [0.4, 0.5) is 15.8 Å². The zero-order valence-corrected chi connectivity index (χ0v) is 14.6. The molecule has 0 spiro atoms. The fourth-order valence-electron chi connectivity index (χ4n) is 2.45. The lowest BCUT2D eigenvalue weighted by molar-refractivity contribution is -0.384. The number of rotatable bonds is 8. The number of ether oxygens (including phenoxy) is 1. The highest BCUT2D eigenvalue weighted by atomic mass is 19.1. The average molecular weight is 361 g/mol. The van der Waals surface area contributed by atoms with Gasteiger partial charge in [-0.2, -0.15) is 0 Å². The molecule has 0 aliphatic rings. The van der Waals surface area contributed by atoms with Gasteiger partial charge in [-0.1, -0.05) is 12.1 Å². The van der Waals surface area contributed by atoms with E-state index in [4.69, 9.17) is 4.74 Å². The molecule has 0 unspecified atom stereocenters. The number of anilines is 1. The van der Waals surface area contributed by atoms with E-state index in [1.165, 1.54) is 35.2 Å². The number of hydrogen-bond acceptors (Lipinski definition) is 5. The Hall–Kier alpha value is -3.00. The second-order valence-corrected chi connectivity index (χ2v) is 5.70. The van der Waals surface area contributed by atoms with Gasteiger partial charge in [0.25, 0.3) is 11.6 Å². The van der Waals surface area contributed by atoms with Crippen molar-refractivity contribution >= 4 is 17.3 Å². The number of amides is 1. The number of benzene rings is 2. The molecule has 2 aromatic rings. The van der Waals surface area contributed by atoms with Crippen LogP contribution in [0.25, 0.3) is 0 Å². The van der Waals surface area contributed by atoms with Gasteiger partial charge in [0.05, 0.1) is 17.1 Å². The zero-order valence-electron chi connectivity index (χ0n) is 14.6. The Labute approximate surface area is 150 Å². The summed E-state index contributed by atoms with van der Waals surface area (Å²) in [7, 11) is 3.11. The van der Waals surface area contributed by atoms with Crippen LogP contribution in [0.3, 0.4) is 0 Å². The second kappa shape index (κ2) is 8.91. The molecule has 1 amide bonds. The summed E-state index contributed by atoms with van der Waals surface area (Å²) in [5, 5.41) is 14.1. The fraction of sp³-hybridized carbons (Fsp3) is 0.278. The Morgan fingerprint density at radius 1 is 1.31 bits per heavy atom. The Balaban J connectivity index is 2.25. The van der Waals surface area contributed by atoms with E-state index in [2.05, 4.69) is 5.32 Å². The monoisotopic (exact) mass is 361 g/mol. The Bertz CT molecular complexity index is 798. The molecule has 2 rings (SSSR count). The largest absolute Gasteiger partial charge is 0.383 e. The fourth-order valence-corrected chi connectivity index (χ4v) is 2.45. The predicted molar refractivity (Wildman–Crippen MR) is 95.7 cm³/mol. The molecule has 0 atom stereocenters. The minimum Gasteiger partial charge on any atom is -0.383 e. The second-order valence-electron chi connectivity index (χ2n) is 5.70. The summed E-state index contributed by atoms with van der Waals surface area (Å²) < 4.78 is 18.3. The van der Waals surface area contributed by atoms with Crippen LogP contribution >= 0.6 is 0 Å². The van der Waals surface area contributed by atoms with Gasteiger partial charge in [-0.15, -0.1) is 0 Å². The molecule has 0 aliphatic carbocycles. The number of non-ortho nitro benzene ring substituents is 1. The van der Waals surface area contributed by atoms with E-state index in [1.54, 1.807) is 26.3 Å². The average Bonchev–Trinajstić information content (AvgIpc) is 2.61. The quantitative estimate of drug-likeness (QED) is 0.444. The summed E-state index contributed by atoms with van der Waals surface area (Å²) in [5.74, 6) is -0.793. The molecule has 138 valence electrons. The van der Waals surface area contributed by atoms with Crippen LogP contribution in [-0.4, -0.2) is 43.0 Å². The Morgan fingerprint density at radius 3 is 2.73 bits per heavy atom. The van der Waals surface area contributed by atoms with Crippen LogP contribution in [0.1, 0.15) is 15.9 Å². The number of halogens is 1. The summed E-state index contributed by atoms with van der Waals surface area (Å²) in [5.41, 5.74) is 1.10. The van der Waals surface area contributed by atoms with Gasteiger partial charge in [0.2, 0.25) is 0 Å². The van der Waals surface area contributed by atoms with Crippen LogP contribution in [0.15, 0.2) is 42.5 Å². The summed E-state index contributed by atoms with van der Waals surface area (Å²) >= 11 is 0. The Morgan fingerprint density at radius 2 is 2.08 bits per heavy atom. The minimum absolute atomic E-state index is 0.175. The summed E-state index contributed by atoms with van der Waals surface area (Å²) in [6.07, 6.45) is 0. The van der Waals surface area contributed by atoms with Gasteiger partial charge in [-0.3, -0.25) is 14.9 Å². The number of carbonyl (C=O) groups excluding carboxylic acids is 1. The molecule has 0 heterocycles. The van der Waals surface area contributed by atoms with Crippen LogP contribution in [0.2, 0.25) is 0 Å². The van der Waals surface area contributed by atoms with Crippen molar-refractivity contribution in [2.75, 3.05) is 32.6 Å². The molecule has 7 nitrogen and oxygen atoms in total. The van der Waals surface area contributed by atoms with Crippen LogP contribution in [0, 0.1) is 15.9 Å². The normalized spacial score (nSPS) is 10.4. The number of carbonyl (C=O) groups is 1. The smallest absolute Gasteiger partial charge is 0.270 e. The number of nitro benzene ring substituents is 1. The third kappa shape index (κ3) is 5.00. The van der Waals surface area contributed by atoms with Gasteiger partial charge in [0.1, 0.15) is 5.82 Å². The summed E-state index contributed by atoms with van der Waals surface area (Å²) in [4.78, 5) is 24.7. The summed E-state index contributed by atoms with van der Waals surface area (Å²) in [6.45, 7) is 1.04. The topological polar surface area (TPSA) is 84.7 Å². The van der Waals surface area contributed by atoms with E-state index in [0.717, 1.165) is 0 Å². The molecule has 1 N–H and O–H groups in total. The molecular weight excluding hydrogens is 341 g/mol. The standard InChI is InChI=1S/C18H20FN3O4/c1-21(12-13-4-3-5-14(19)10-13)18(23)16-11-15(22(24)25)6-7-17(16)20-8-9-26-2/h3-7,10-11,20H,8-9,12H2,1-2H3. The van der Waals surface area contributed by atoms with Crippen LogP contribution in [0.5, 0.6) is 0 Å². The number of nitrogens with zero attached hydrogens (tertiary/aromatic N) is 2. The molecule has 26 heavy (non-hydrogen) atoms. The number of nitro groups is 1. The maximum absolute atomic E-state index is 13.3. The predicted octanol–water partition coefficient (Wildman–Crippen LogP) is 3.06. The van der Waals surface area contributed by atoms with Crippen molar-refractivity contribution in [3.05, 3.63) is 69.5 Å². The lowest BCUT2D eigenvalue weighted by Gasteiger charge is -2.19. The summed E-state index contributed by atoms with van der Waals surface area (Å²) in [6, 6.07) is 10.00. The zero-order chi connectivity index (χ0) is 19.1. The first-order valence-corrected chi connectivity index (χ1v) is 7.93. The lowest BCUT2D eigenvalue weighted by atomic mass is 10.1. The molecule has 0 saturated heterocycles. The number of methoxy groups -OCH3 is 1. The molecular formula is C18H20FN3O4. The maximum atomic E-state index is 13.3. The molecule has 2 aromatic carbocycles. The highest BCUT2D eigenvalue weighted by Crippen LogP contribution is 2.24. The van der Waals surface area contributed by atoms with E-state index < -0.39 is 10.8 Å². The lowest BCUT2D eigenvalue weighted by Crippen LogP contribution is -2.27. The van der Waals surface area contributed by atoms with E-state index in [9.17, 15) is 19.3 Å². The SMILES string of the molecule is COCCNc1ccc([N+](=O)[O-])cc1C(=O)N(C)Cc1cccc(F)c1. The molecule has 0 bridgehead atoms.